The van der Waals surface area contributed by atoms with Crippen molar-refractivity contribution in [1.82, 2.24) is 19.8 Å². The van der Waals surface area contributed by atoms with Crippen molar-refractivity contribution in [1.29, 1.82) is 0 Å². The quantitative estimate of drug-likeness (QED) is 0.923. The predicted octanol–water partition coefficient (Wildman–Crippen LogP) is 2.61. The lowest BCUT2D eigenvalue weighted by Crippen LogP contribution is -2.46. The summed E-state index contributed by atoms with van der Waals surface area (Å²) in [5, 5.41) is 0. The number of nitrogens with zero attached hydrogens (tertiary/aromatic N) is 3. The summed E-state index contributed by atoms with van der Waals surface area (Å²) >= 11 is 0. The summed E-state index contributed by atoms with van der Waals surface area (Å²) in [5.41, 5.74) is 2.60. The summed E-state index contributed by atoms with van der Waals surface area (Å²) in [5.74, 6) is 2.06. The van der Waals surface area contributed by atoms with Gasteiger partial charge in [-0.3, -0.25) is 9.69 Å². The number of imidazole rings is 1. The molecule has 0 bridgehead atoms. The van der Waals surface area contributed by atoms with Crippen molar-refractivity contribution in [2.45, 2.75) is 52.0 Å². The standard InChI is InChI=1S/C19H30N4O/c1-13(2)11-23-10-7-16-17(21-12-20-16)18(23)14-5-8-22(9-6-14)19(24)15-3-4-15/h12-15,18H,3-11H2,1-2H3,(H,20,21). The second-order valence-electron chi connectivity index (χ2n) is 8.29. The molecule has 3 heterocycles. The van der Waals surface area contributed by atoms with Crippen LogP contribution in [-0.2, 0) is 11.2 Å². The second-order valence-corrected chi connectivity index (χ2v) is 8.29. The SMILES string of the molecule is CC(C)CN1CCc2[nH]cnc2C1C1CCN(C(=O)C2CC2)CC1. The highest BCUT2D eigenvalue weighted by atomic mass is 16.2. The topological polar surface area (TPSA) is 52.2 Å². The van der Waals surface area contributed by atoms with Crippen molar-refractivity contribution in [2.24, 2.45) is 17.8 Å². The Morgan fingerprint density at radius 1 is 1.25 bits per heavy atom. The molecule has 1 unspecified atom stereocenters. The maximum atomic E-state index is 12.3. The van der Waals surface area contributed by atoms with Gasteiger partial charge in [0.1, 0.15) is 0 Å². The number of likely N-dealkylation sites (tertiary alicyclic amines) is 1. The second kappa shape index (κ2) is 6.51. The fraction of sp³-hybridized carbons (Fsp3) is 0.789. The average Bonchev–Trinajstić information content (AvgIpc) is 3.31. The molecule has 1 N–H and O–H groups in total. The van der Waals surface area contributed by atoms with E-state index in [2.05, 4.69) is 33.6 Å². The van der Waals surface area contributed by atoms with Crippen LogP contribution in [0.15, 0.2) is 6.33 Å². The molecule has 1 saturated heterocycles. The lowest BCUT2D eigenvalue weighted by molar-refractivity contribution is -0.134. The zero-order valence-corrected chi connectivity index (χ0v) is 15.0. The average molecular weight is 330 g/mol. The molecule has 4 rings (SSSR count). The van der Waals surface area contributed by atoms with Crippen LogP contribution in [0.25, 0.3) is 0 Å². The Bertz CT molecular complexity index is 584. The molecule has 1 aromatic heterocycles. The maximum Gasteiger partial charge on any atom is 0.225 e. The summed E-state index contributed by atoms with van der Waals surface area (Å²) < 4.78 is 0. The number of aromatic nitrogens is 2. The smallest absolute Gasteiger partial charge is 0.225 e. The molecule has 24 heavy (non-hydrogen) atoms. The van der Waals surface area contributed by atoms with E-state index in [0.717, 1.165) is 58.3 Å². The van der Waals surface area contributed by atoms with Gasteiger partial charge in [0, 0.05) is 44.2 Å². The van der Waals surface area contributed by atoms with Gasteiger partial charge in [0.2, 0.25) is 5.91 Å². The predicted molar refractivity (Wildman–Crippen MR) is 93.5 cm³/mol. The molecule has 1 aromatic rings. The summed E-state index contributed by atoms with van der Waals surface area (Å²) in [7, 11) is 0. The minimum atomic E-state index is 0.353. The first-order chi connectivity index (χ1) is 11.6. The van der Waals surface area contributed by atoms with Crippen molar-refractivity contribution in [3.05, 3.63) is 17.7 Å². The first-order valence-corrected chi connectivity index (χ1v) is 9.68. The number of carbonyl (C=O) groups excluding carboxylic acids is 1. The van der Waals surface area contributed by atoms with Crippen LogP contribution in [0.4, 0.5) is 0 Å². The fourth-order valence-corrected chi connectivity index (χ4v) is 4.57. The third-order valence-electron chi connectivity index (χ3n) is 5.90. The number of amides is 1. The molecule has 2 aliphatic heterocycles. The fourth-order valence-electron chi connectivity index (χ4n) is 4.57. The Morgan fingerprint density at radius 3 is 2.67 bits per heavy atom. The highest BCUT2D eigenvalue weighted by Gasteiger charge is 2.40. The van der Waals surface area contributed by atoms with E-state index in [1.807, 2.05) is 6.33 Å². The lowest BCUT2D eigenvalue weighted by atomic mass is 9.83. The van der Waals surface area contributed by atoms with E-state index in [1.54, 1.807) is 0 Å². The van der Waals surface area contributed by atoms with Gasteiger partial charge < -0.3 is 9.88 Å². The van der Waals surface area contributed by atoms with Gasteiger partial charge in [-0.2, -0.15) is 0 Å². The van der Waals surface area contributed by atoms with E-state index in [9.17, 15) is 4.79 Å². The van der Waals surface area contributed by atoms with Crippen LogP contribution in [0.2, 0.25) is 0 Å². The minimum Gasteiger partial charge on any atom is -0.348 e. The van der Waals surface area contributed by atoms with E-state index in [-0.39, 0.29) is 0 Å². The number of rotatable bonds is 4. The molecule has 1 atom stereocenters. The molecule has 3 aliphatic rings. The van der Waals surface area contributed by atoms with Crippen molar-refractivity contribution in [3.8, 4) is 0 Å². The Balaban J connectivity index is 1.47. The number of carbonyl (C=O) groups is 1. The van der Waals surface area contributed by atoms with E-state index in [0.29, 0.717) is 29.7 Å². The van der Waals surface area contributed by atoms with Crippen LogP contribution in [0, 0.1) is 17.8 Å². The van der Waals surface area contributed by atoms with Crippen molar-refractivity contribution >= 4 is 5.91 Å². The first-order valence-electron chi connectivity index (χ1n) is 9.68. The molecular weight excluding hydrogens is 300 g/mol. The minimum absolute atomic E-state index is 0.353. The largest absolute Gasteiger partial charge is 0.348 e. The van der Waals surface area contributed by atoms with Crippen LogP contribution in [-0.4, -0.2) is 51.9 Å². The molecule has 5 heteroatoms. The van der Waals surface area contributed by atoms with Crippen molar-refractivity contribution in [2.75, 3.05) is 26.2 Å². The monoisotopic (exact) mass is 330 g/mol. The molecule has 132 valence electrons. The number of aromatic amines is 1. The van der Waals surface area contributed by atoms with E-state index in [1.165, 1.54) is 11.4 Å². The van der Waals surface area contributed by atoms with Gasteiger partial charge in [-0.15, -0.1) is 0 Å². The normalized spacial score (nSPS) is 26.0. The Morgan fingerprint density at radius 2 is 2.00 bits per heavy atom. The van der Waals surface area contributed by atoms with Crippen LogP contribution < -0.4 is 0 Å². The number of piperidine rings is 1. The molecule has 1 aliphatic carbocycles. The number of nitrogens with one attached hydrogen (secondary N) is 1. The van der Waals surface area contributed by atoms with Crippen LogP contribution in [0.5, 0.6) is 0 Å². The van der Waals surface area contributed by atoms with Gasteiger partial charge in [-0.25, -0.2) is 4.98 Å². The van der Waals surface area contributed by atoms with E-state index < -0.39 is 0 Å². The zero-order chi connectivity index (χ0) is 16.7. The summed E-state index contributed by atoms with van der Waals surface area (Å²) in [6.45, 7) is 8.73. The summed E-state index contributed by atoms with van der Waals surface area (Å²) in [6, 6.07) is 0.431. The lowest BCUT2D eigenvalue weighted by Gasteiger charge is -2.43. The highest BCUT2D eigenvalue weighted by Crippen LogP contribution is 2.40. The molecule has 0 aromatic carbocycles. The van der Waals surface area contributed by atoms with Gasteiger partial charge in [-0.1, -0.05) is 13.8 Å². The first kappa shape index (κ1) is 16.1. The van der Waals surface area contributed by atoms with E-state index in [4.69, 9.17) is 0 Å². The van der Waals surface area contributed by atoms with Gasteiger partial charge in [-0.05, 0) is 37.5 Å². The Hall–Kier alpha value is -1.36. The van der Waals surface area contributed by atoms with Gasteiger partial charge in [0.15, 0.2) is 0 Å². The van der Waals surface area contributed by atoms with Gasteiger partial charge in [0.05, 0.1) is 18.1 Å². The van der Waals surface area contributed by atoms with Crippen molar-refractivity contribution < 1.29 is 4.79 Å². The van der Waals surface area contributed by atoms with Crippen molar-refractivity contribution in [3.63, 3.8) is 0 Å². The van der Waals surface area contributed by atoms with Gasteiger partial charge >= 0.3 is 0 Å². The number of hydrogen-bond donors (Lipinski definition) is 1. The van der Waals surface area contributed by atoms with Crippen LogP contribution >= 0.6 is 0 Å². The molecule has 1 saturated carbocycles. The zero-order valence-electron chi connectivity index (χ0n) is 15.0. The summed E-state index contributed by atoms with van der Waals surface area (Å²) in [6.07, 6.45) is 7.40. The maximum absolute atomic E-state index is 12.3. The molecule has 0 spiro atoms. The van der Waals surface area contributed by atoms with Crippen LogP contribution in [0.3, 0.4) is 0 Å². The molecule has 2 fully saturated rings. The number of fused-ring (bicyclic) bond motifs is 1. The third-order valence-corrected chi connectivity index (χ3v) is 5.90. The third kappa shape index (κ3) is 3.10. The highest BCUT2D eigenvalue weighted by molar-refractivity contribution is 5.81. The number of hydrogen-bond acceptors (Lipinski definition) is 3. The molecular formula is C19H30N4O. The Labute approximate surface area is 144 Å². The van der Waals surface area contributed by atoms with E-state index >= 15 is 0 Å². The molecule has 1 amide bonds. The number of H-pyrrole nitrogens is 1. The molecule has 0 radical (unpaired) electrons. The summed E-state index contributed by atoms with van der Waals surface area (Å²) in [4.78, 5) is 25.1. The Kier molecular flexibility index (Phi) is 4.37. The van der Waals surface area contributed by atoms with Gasteiger partial charge in [0.25, 0.3) is 0 Å². The molecule has 5 nitrogen and oxygen atoms in total. The van der Waals surface area contributed by atoms with Crippen LogP contribution in [0.1, 0.15) is 57.0 Å².